The first kappa shape index (κ1) is 24.3. The van der Waals surface area contributed by atoms with Crippen molar-refractivity contribution in [1.29, 1.82) is 0 Å². The van der Waals surface area contributed by atoms with Gasteiger partial charge in [-0.1, -0.05) is 23.9 Å². The molecule has 2 aromatic heterocycles. The molecule has 174 valence electrons. The van der Waals surface area contributed by atoms with Crippen molar-refractivity contribution in [3.8, 4) is 17.1 Å². The maximum atomic E-state index is 12.6. The Morgan fingerprint density at radius 1 is 1.24 bits per heavy atom. The number of primary amides is 1. The average molecular weight is 490 g/mol. The highest BCUT2D eigenvalue weighted by atomic mass is 32.2. The summed E-state index contributed by atoms with van der Waals surface area (Å²) in [5, 5.41) is 11.8. The molecular formula is C21H23N5O5S2. The highest BCUT2D eigenvalue weighted by molar-refractivity contribution is 7.99. The third-order valence-corrected chi connectivity index (χ3v) is 6.85. The smallest absolute Gasteiger partial charge is 0.341 e. The van der Waals surface area contributed by atoms with Crippen molar-refractivity contribution >= 4 is 45.9 Å². The van der Waals surface area contributed by atoms with E-state index < -0.39 is 11.9 Å². The molecule has 33 heavy (non-hydrogen) atoms. The molecule has 10 nitrogen and oxygen atoms in total. The van der Waals surface area contributed by atoms with E-state index in [0.717, 1.165) is 16.9 Å². The van der Waals surface area contributed by atoms with Gasteiger partial charge in [0.1, 0.15) is 10.8 Å². The number of benzene rings is 1. The lowest BCUT2D eigenvalue weighted by atomic mass is 10.1. The van der Waals surface area contributed by atoms with E-state index in [4.69, 9.17) is 15.2 Å². The fourth-order valence-corrected chi connectivity index (χ4v) is 4.86. The Bertz CT molecular complexity index is 1200. The van der Waals surface area contributed by atoms with Crippen LogP contribution in [0.2, 0.25) is 0 Å². The van der Waals surface area contributed by atoms with Crippen molar-refractivity contribution in [3.05, 3.63) is 40.3 Å². The fourth-order valence-electron chi connectivity index (χ4n) is 3.09. The van der Waals surface area contributed by atoms with Crippen LogP contribution in [0.25, 0.3) is 11.4 Å². The van der Waals surface area contributed by atoms with Gasteiger partial charge in [0.2, 0.25) is 5.91 Å². The van der Waals surface area contributed by atoms with Crippen molar-refractivity contribution < 1.29 is 23.9 Å². The minimum absolute atomic E-state index is 0.00252. The molecule has 1 aromatic carbocycles. The summed E-state index contributed by atoms with van der Waals surface area (Å²) in [6, 6.07) is 7.51. The van der Waals surface area contributed by atoms with E-state index in [2.05, 4.69) is 15.5 Å². The molecule has 2 heterocycles. The molecule has 0 saturated heterocycles. The van der Waals surface area contributed by atoms with Gasteiger partial charge in [0, 0.05) is 7.05 Å². The summed E-state index contributed by atoms with van der Waals surface area (Å²) in [6.07, 6.45) is 0. The molecule has 0 fully saturated rings. The number of hydrogen-bond acceptors (Lipinski definition) is 9. The van der Waals surface area contributed by atoms with E-state index in [1.807, 2.05) is 31.2 Å². The molecule has 3 rings (SSSR count). The number of para-hydroxylation sites is 1. The zero-order chi connectivity index (χ0) is 24.1. The van der Waals surface area contributed by atoms with E-state index in [9.17, 15) is 14.4 Å². The van der Waals surface area contributed by atoms with Crippen molar-refractivity contribution in [3.63, 3.8) is 0 Å². The summed E-state index contributed by atoms with van der Waals surface area (Å²) in [6.45, 7) is 4.00. The van der Waals surface area contributed by atoms with E-state index >= 15 is 0 Å². The van der Waals surface area contributed by atoms with Gasteiger partial charge in [0.05, 0.1) is 35.5 Å². The molecule has 3 aromatic rings. The first-order valence-electron chi connectivity index (χ1n) is 9.84. The SMILES string of the molecule is CCOc1ccccc1-c1nnc(SCC(=O)Nc2sc(C(N)=O)c(C)c2C(=O)OC)n1C. The summed E-state index contributed by atoms with van der Waals surface area (Å²) >= 11 is 2.11. The minimum atomic E-state index is -0.684. The third kappa shape index (κ3) is 5.17. The first-order chi connectivity index (χ1) is 15.8. The Kier molecular flexibility index (Phi) is 7.71. The molecular weight excluding hydrogens is 466 g/mol. The normalized spacial score (nSPS) is 10.7. The number of amides is 2. The van der Waals surface area contributed by atoms with Gasteiger partial charge in [-0.15, -0.1) is 21.5 Å². The van der Waals surface area contributed by atoms with Gasteiger partial charge in [0.15, 0.2) is 11.0 Å². The molecule has 0 aliphatic rings. The molecule has 0 saturated carbocycles. The molecule has 0 bridgehead atoms. The van der Waals surface area contributed by atoms with Gasteiger partial charge in [-0.3, -0.25) is 9.59 Å². The lowest BCUT2D eigenvalue weighted by molar-refractivity contribution is -0.113. The van der Waals surface area contributed by atoms with E-state index in [-0.39, 0.29) is 27.1 Å². The first-order valence-corrected chi connectivity index (χ1v) is 11.6. The Morgan fingerprint density at radius 3 is 2.64 bits per heavy atom. The average Bonchev–Trinajstić information content (AvgIpc) is 3.31. The number of aromatic nitrogens is 3. The van der Waals surface area contributed by atoms with Crippen LogP contribution >= 0.6 is 23.1 Å². The Balaban J connectivity index is 1.75. The van der Waals surface area contributed by atoms with Crippen LogP contribution in [0.1, 0.15) is 32.5 Å². The van der Waals surface area contributed by atoms with Crippen molar-refractivity contribution in [1.82, 2.24) is 14.8 Å². The second-order valence-corrected chi connectivity index (χ2v) is 8.71. The second-order valence-electron chi connectivity index (χ2n) is 6.75. The standard InChI is InChI=1S/C21H23N5O5S2/c1-5-31-13-9-7-6-8-12(13)18-24-25-21(26(18)3)32-10-14(27)23-19-15(20(29)30-4)11(2)16(33-19)17(22)28/h6-9H,5,10H2,1-4H3,(H2,22,28)(H,23,27). The van der Waals surface area contributed by atoms with Crippen molar-refractivity contribution in [2.75, 3.05) is 24.8 Å². The van der Waals surface area contributed by atoms with Crippen LogP contribution in [0.3, 0.4) is 0 Å². The summed E-state index contributed by atoms with van der Waals surface area (Å²) in [5.74, 6) is -0.431. The van der Waals surface area contributed by atoms with Crippen LogP contribution in [-0.4, -0.2) is 52.0 Å². The summed E-state index contributed by atoms with van der Waals surface area (Å²) in [7, 11) is 3.02. The molecule has 0 unspecified atom stereocenters. The lowest BCUT2D eigenvalue weighted by Crippen LogP contribution is -2.16. The van der Waals surface area contributed by atoms with Gasteiger partial charge in [-0.2, -0.15) is 0 Å². The minimum Gasteiger partial charge on any atom is -0.493 e. The molecule has 0 aliphatic heterocycles. The van der Waals surface area contributed by atoms with Crippen LogP contribution in [0.15, 0.2) is 29.4 Å². The Hall–Kier alpha value is -3.38. The summed E-state index contributed by atoms with van der Waals surface area (Å²) < 4.78 is 12.2. The predicted octanol–water partition coefficient (Wildman–Crippen LogP) is 2.87. The number of hydrogen-bond donors (Lipinski definition) is 2. The lowest BCUT2D eigenvalue weighted by Gasteiger charge is -2.09. The van der Waals surface area contributed by atoms with Gasteiger partial charge < -0.3 is 25.1 Å². The molecule has 12 heteroatoms. The monoisotopic (exact) mass is 489 g/mol. The summed E-state index contributed by atoms with van der Waals surface area (Å²) in [4.78, 5) is 36.6. The molecule has 0 radical (unpaired) electrons. The third-order valence-electron chi connectivity index (χ3n) is 4.61. The van der Waals surface area contributed by atoms with E-state index in [1.165, 1.54) is 18.9 Å². The van der Waals surface area contributed by atoms with Crippen LogP contribution < -0.4 is 15.8 Å². The van der Waals surface area contributed by atoms with Crippen LogP contribution in [0.4, 0.5) is 5.00 Å². The number of carbonyl (C=O) groups excluding carboxylic acids is 3. The number of rotatable bonds is 9. The number of ether oxygens (including phenoxy) is 2. The number of nitrogens with zero attached hydrogens (tertiary/aromatic N) is 3. The number of esters is 1. The highest BCUT2D eigenvalue weighted by Crippen LogP contribution is 2.34. The van der Waals surface area contributed by atoms with Gasteiger partial charge in [-0.25, -0.2) is 4.79 Å². The van der Waals surface area contributed by atoms with Crippen LogP contribution in [-0.2, 0) is 16.6 Å². The van der Waals surface area contributed by atoms with Gasteiger partial charge in [0.25, 0.3) is 5.91 Å². The van der Waals surface area contributed by atoms with E-state index in [0.29, 0.717) is 28.9 Å². The zero-order valence-corrected chi connectivity index (χ0v) is 20.1. The predicted molar refractivity (Wildman–Crippen MR) is 126 cm³/mol. The molecule has 0 aliphatic carbocycles. The Morgan fingerprint density at radius 2 is 1.97 bits per heavy atom. The molecule has 0 atom stereocenters. The second kappa shape index (κ2) is 10.5. The number of nitrogens with one attached hydrogen (secondary N) is 1. The number of anilines is 1. The number of nitrogens with two attached hydrogens (primary N) is 1. The topological polar surface area (TPSA) is 138 Å². The number of carbonyl (C=O) groups is 3. The van der Waals surface area contributed by atoms with Gasteiger partial charge >= 0.3 is 5.97 Å². The van der Waals surface area contributed by atoms with Crippen LogP contribution in [0.5, 0.6) is 5.75 Å². The number of thioether (sulfide) groups is 1. The number of thiophene rings is 1. The highest BCUT2D eigenvalue weighted by Gasteiger charge is 2.25. The summed E-state index contributed by atoms with van der Waals surface area (Å²) in [5.41, 5.74) is 6.65. The number of methoxy groups -OCH3 is 1. The maximum absolute atomic E-state index is 12.6. The maximum Gasteiger partial charge on any atom is 0.341 e. The molecule has 3 N–H and O–H groups in total. The van der Waals surface area contributed by atoms with Crippen molar-refractivity contribution in [2.24, 2.45) is 12.8 Å². The zero-order valence-electron chi connectivity index (χ0n) is 18.5. The molecule has 2 amide bonds. The Labute approximate surface area is 198 Å². The van der Waals surface area contributed by atoms with Crippen molar-refractivity contribution in [2.45, 2.75) is 19.0 Å². The van der Waals surface area contributed by atoms with Crippen LogP contribution in [0, 0.1) is 6.92 Å². The fraction of sp³-hybridized carbons (Fsp3) is 0.286. The molecule has 0 spiro atoms. The quantitative estimate of drug-likeness (QED) is 0.346. The van der Waals surface area contributed by atoms with Gasteiger partial charge in [-0.05, 0) is 31.5 Å². The largest absolute Gasteiger partial charge is 0.493 e. The van der Waals surface area contributed by atoms with E-state index in [1.54, 1.807) is 18.5 Å².